The van der Waals surface area contributed by atoms with E-state index in [1.54, 1.807) is 0 Å². The zero-order chi connectivity index (χ0) is 32.6. The molecule has 0 saturated carbocycles. The molecule has 2 heterocycles. The van der Waals surface area contributed by atoms with Crippen LogP contribution in [0, 0.1) is 0 Å². The van der Waals surface area contributed by atoms with Crippen molar-refractivity contribution in [2.75, 3.05) is 0 Å². The molecule has 0 fully saturated rings. The fourth-order valence-electron chi connectivity index (χ4n) is 6.28. The molecule has 4 nitrogen and oxygen atoms in total. The minimum absolute atomic E-state index is 0.0951. The van der Waals surface area contributed by atoms with Crippen LogP contribution in [0.3, 0.4) is 0 Å². The van der Waals surface area contributed by atoms with Crippen molar-refractivity contribution >= 4 is 35.1 Å². The maximum Gasteiger partial charge on any atom is -0.0538 e. The van der Waals surface area contributed by atoms with Crippen molar-refractivity contribution in [3.05, 3.63) is 170 Å². The van der Waals surface area contributed by atoms with Crippen LogP contribution in [0.15, 0.2) is 170 Å². The van der Waals surface area contributed by atoms with Gasteiger partial charge in [-0.15, -0.1) is 0 Å². The third kappa shape index (κ3) is 5.66. The van der Waals surface area contributed by atoms with Gasteiger partial charge in [-0.3, -0.25) is 0 Å². The summed E-state index contributed by atoms with van der Waals surface area (Å²) in [5.41, 5.74) is 9.73. The Hall–Kier alpha value is -6.00. The van der Waals surface area contributed by atoms with Gasteiger partial charge in [-0.2, -0.15) is 0 Å². The summed E-state index contributed by atoms with van der Waals surface area (Å²) in [5, 5.41) is 2.33. The van der Waals surface area contributed by atoms with Crippen molar-refractivity contribution in [3.8, 4) is 66.5 Å². The number of aromatic nitrogens is 4. The standard InChI is InChI=1S/C44H28N4Se/c1-4-12-29(13-5-1)30-20-22-31(23-21-30)32-24-26-34(27-25-32)42-46-41(33-14-6-2-7-15-33)47-43(48-42)38-28-39-40(37-19-11-10-18-36(37)38)49-44(45-39)35-16-8-3-9-17-35/h1-28H. The van der Waals surface area contributed by atoms with Crippen LogP contribution >= 0.6 is 0 Å². The van der Waals surface area contributed by atoms with Gasteiger partial charge in [-0.25, -0.2) is 0 Å². The maximum absolute atomic E-state index is 5.15. The second-order valence-corrected chi connectivity index (χ2v) is 14.0. The van der Waals surface area contributed by atoms with Crippen LogP contribution in [-0.2, 0) is 0 Å². The van der Waals surface area contributed by atoms with Crippen LogP contribution in [0.4, 0.5) is 0 Å². The predicted molar refractivity (Wildman–Crippen MR) is 202 cm³/mol. The first-order chi connectivity index (χ1) is 24.3. The summed E-state index contributed by atoms with van der Waals surface area (Å²) in [6, 6.07) is 59.0. The second-order valence-electron chi connectivity index (χ2n) is 11.9. The molecule has 0 unspecified atom stereocenters. The van der Waals surface area contributed by atoms with Crippen molar-refractivity contribution in [2.45, 2.75) is 0 Å². The van der Waals surface area contributed by atoms with Crippen molar-refractivity contribution in [2.24, 2.45) is 0 Å². The number of rotatable bonds is 6. The molecule has 9 aromatic rings. The van der Waals surface area contributed by atoms with E-state index in [1.165, 1.54) is 26.3 Å². The Morgan fingerprint density at radius 3 is 1.31 bits per heavy atom. The molecule has 0 spiro atoms. The molecular weight excluding hydrogens is 663 g/mol. The van der Waals surface area contributed by atoms with Crippen molar-refractivity contribution in [1.82, 2.24) is 19.9 Å². The molecule has 0 amide bonds. The van der Waals surface area contributed by atoms with E-state index < -0.39 is 0 Å². The molecule has 0 saturated heterocycles. The maximum atomic E-state index is 5.15. The summed E-state index contributed by atoms with van der Waals surface area (Å²) in [6.45, 7) is 0. The Morgan fingerprint density at radius 2 is 0.735 bits per heavy atom. The van der Waals surface area contributed by atoms with Gasteiger partial charge in [0.2, 0.25) is 0 Å². The van der Waals surface area contributed by atoms with Gasteiger partial charge in [-0.05, 0) is 11.1 Å². The first kappa shape index (κ1) is 29.2. The largest absolute Gasteiger partial charge is 0.0617 e. The molecule has 9 rings (SSSR count). The van der Waals surface area contributed by atoms with Crippen LogP contribution in [0.25, 0.3) is 87.1 Å². The molecule has 7 aromatic carbocycles. The number of hydrogen-bond donors (Lipinski definition) is 0. The van der Waals surface area contributed by atoms with E-state index in [4.69, 9.17) is 19.9 Å². The van der Waals surface area contributed by atoms with Crippen molar-refractivity contribution < 1.29 is 0 Å². The first-order valence-corrected chi connectivity index (χ1v) is 17.9. The molecule has 0 aliphatic rings. The zero-order valence-electron chi connectivity index (χ0n) is 26.4. The van der Waals surface area contributed by atoms with Crippen LogP contribution in [-0.4, -0.2) is 34.4 Å². The number of fused-ring (bicyclic) bond motifs is 3. The van der Waals surface area contributed by atoms with E-state index in [0.29, 0.717) is 17.5 Å². The van der Waals surface area contributed by atoms with Gasteiger partial charge in [0.15, 0.2) is 0 Å². The average Bonchev–Trinajstić information content (AvgIpc) is 3.63. The second kappa shape index (κ2) is 12.6. The third-order valence-electron chi connectivity index (χ3n) is 8.79. The molecule has 2 aromatic heterocycles. The van der Waals surface area contributed by atoms with Crippen molar-refractivity contribution in [1.29, 1.82) is 0 Å². The first-order valence-electron chi connectivity index (χ1n) is 16.2. The van der Waals surface area contributed by atoms with Crippen molar-refractivity contribution in [3.63, 3.8) is 0 Å². The summed E-state index contributed by atoms with van der Waals surface area (Å²) in [4.78, 5) is 20.4. The van der Waals surface area contributed by atoms with Gasteiger partial charge in [0.25, 0.3) is 0 Å². The summed E-state index contributed by atoms with van der Waals surface area (Å²) in [5.74, 6) is 1.92. The Kier molecular flexibility index (Phi) is 7.47. The Bertz CT molecular complexity index is 2560. The molecule has 5 heteroatoms. The van der Waals surface area contributed by atoms with Gasteiger partial charge in [0.05, 0.1) is 0 Å². The van der Waals surface area contributed by atoms with Gasteiger partial charge in [0, 0.05) is 0 Å². The Labute approximate surface area is 290 Å². The summed E-state index contributed by atoms with van der Waals surface area (Å²) < 4.78 is 2.44. The molecule has 49 heavy (non-hydrogen) atoms. The third-order valence-corrected chi connectivity index (χ3v) is 11.2. The molecule has 0 radical (unpaired) electrons. The number of nitrogens with zero attached hydrogens (tertiary/aromatic N) is 4. The van der Waals surface area contributed by atoms with Gasteiger partial charge >= 0.3 is 226 Å². The zero-order valence-corrected chi connectivity index (χ0v) is 28.1. The Balaban J connectivity index is 1.15. The molecule has 0 atom stereocenters. The average molecular weight is 692 g/mol. The fraction of sp³-hybridized carbons (Fsp3) is 0. The minimum Gasteiger partial charge on any atom is -0.0617 e. The monoisotopic (exact) mass is 692 g/mol. The quantitative estimate of drug-likeness (QED) is 0.163. The summed E-state index contributed by atoms with van der Waals surface area (Å²) in [6.07, 6.45) is 0. The molecule has 0 aliphatic heterocycles. The van der Waals surface area contributed by atoms with E-state index in [0.717, 1.165) is 43.3 Å². The SMILES string of the molecule is c1ccc(-c2ccc(-c3ccc(-c4nc(-c5ccccc5)nc(-c5cc6nc(-c7ccccc7)[se]c6c6ccccc56)n4)cc3)cc2)cc1. The predicted octanol–water partition coefficient (Wildman–Crippen LogP) is 10.6. The Morgan fingerprint density at radius 1 is 0.327 bits per heavy atom. The van der Waals surface area contributed by atoms with E-state index >= 15 is 0 Å². The number of hydrogen-bond acceptors (Lipinski definition) is 4. The van der Waals surface area contributed by atoms with E-state index in [1.807, 2.05) is 42.5 Å². The molecule has 230 valence electrons. The normalized spacial score (nSPS) is 11.3. The van der Waals surface area contributed by atoms with Gasteiger partial charge in [-0.1, -0.05) is 54.6 Å². The van der Waals surface area contributed by atoms with E-state index in [2.05, 4.69) is 127 Å². The number of benzene rings is 7. The summed E-state index contributed by atoms with van der Waals surface area (Å²) >= 11 is 0.0951. The van der Waals surface area contributed by atoms with Gasteiger partial charge < -0.3 is 0 Å². The molecule has 0 N–H and O–H groups in total. The van der Waals surface area contributed by atoms with Crippen LogP contribution in [0.2, 0.25) is 0 Å². The van der Waals surface area contributed by atoms with Crippen LogP contribution in [0.1, 0.15) is 0 Å². The van der Waals surface area contributed by atoms with E-state index in [9.17, 15) is 0 Å². The minimum atomic E-state index is 0.0951. The molecular formula is C44H28N4Se. The molecule has 0 aliphatic carbocycles. The van der Waals surface area contributed by atoms with Gasteiger partial charge in [0.1, 0.15) is 0 Å². The smallest absolute Gasteiger partial charge is 0.0538 e. The van der Waals surface area contributed by atoms with E-state index in [-0.39, 0.29) is 14.5 Å². The molecule has 0 bridgehead atoms. The topological polar surface area (TPSA) is 51.6 Å². The summed E-state index contributed by atoms with van der Waals surface area (Å²) in [7, 11) is 0. The van der Waals surface area contributed by atoms with Crippen LogP contribution < -0.4 is 0 Å². The van der Waals surface area contributed by atoms with Crippen LogP contribution in [0.5, 0.6) is 0 Å². The fourth-order valence-corrected chi connectivity index (χ4v) is 8.57.